The van der Waals surface area contributed by atoms with Crippen LogP contribution in [0.1, 0.15) is 99.0 Å². The first-order valence-corrected chi connectivity index (χ1v) is 19.2. The number of rotatable bonds is 5. The maximum Gasteiger partial charge on any atom is 0.121 e. The Bertz CT molecular complexity index is 3170. The van der Waals surface area contributed by atoms with Crippen molar-refractivity contribution in [2.75, 3.05) is 0 Å². The van der Waals surface area contributed by atoms with Gasteiger partial charge in [-0.05, 0) is 103 Å². The smallest absolute Gasteiger partial charge is 0.121 e. The average Bonchev–Trinajstić information content (AvgIpc) is 3.61. The van der Waals surface area contributed by atoms with Crippen LogP contribution in [0, 0.1) is 25.8 Å². The number of hydrogen-bond donors (Lipinski definition) is 0. The van der Waals surface area contributed by atoms with Gasteiger partial charge in [-0.15, -0.1) is 53.6 Å². The Kier molecular flexibility index (Phi) is 8.95. The topological polar surface area (TPSA) is 38.9 Å². The minimum absolute atomic E-state index is 0. The fourth-order valence-corrected chi connectivity index (χ4v) is 7.33. The summed E-state index contributed by atoms with van der Waals surface area (Å²) in [5, 5.41) is 6.45. The van der Waals surface area contributed by atoms with Gasteiger partial charge in [0.2, 0.25) is 0 Å². The van der Waals surface area contributed by atoms with E-state index in [2.05, 4.69) is 79.3 Å². The molecule has 293 valence electrons. The number of pyridine rings is 2. The van der Waals surface area contributed by atoms with E-state index in [1.165, 1.54) is 17.8 Å². The van der Waals surface area contributed by atoms with Crippen LogP contribution in [0.3, 0.4) is 0 Å². The molecule has 0 saturated heterocycles. The van der Waals surface area contributed by atoms with Crippen molar-refractivity contribution in [3.05, 3.63) is 168 Å². The SMILES string of the molecule is [2H]C([2H])([2H])c1c[c-]c(-c2ccc(C(C)(C)C)cn2)cc1.[2H]C([2H])([2H])c1cnc(-c2[c-]ccc3c2oc2cc4c(ccc5ccccc54)cc23)cc1-c1ccc(C([2H])(C)C)cc1C([2H])(C)C.[Ir]. The molecule has 0 aliphatic carbocycles. The maximum absolute atomic E-state index is 8.95. The molecule has 9 aromatic rings. The van der Waals surface area contributed by atoms with Gasteiger partial charge in [0.25, 0.3) is 0 Å². The molecule has 1 radical (unpaired) electrons. The third-order valence-electron chi connectivity index (χ3n) is 10.6. The summed E-state index contributed by atoms with van der Waals surface area (Å²) in [5.74, 6) is -1.93. The van der Waals surface area contributed by atoms with Crippen molar-refractivity contribution >= 4 is 43.5 Å². The van der Waals surface area contributed by atoms with E-state index < -0.39 is 25.5 Å². The molecule has 0 aliphatic rings. The van der Waals surface area contributed by atoms with E-state index in [-0.39, 0.29) is 31.1 Å². The van der Waals surface area contributed by atoms with Gasteiger partial charge in [0.05, 0.1) is 5.58 Å². The van der Waals surface area contributed by atoms with E-state index in [0.29, 0.717) is 39.1 Å². The number of nitrogens with zero attached hydrogens (tertiary/aromatic N) is 2. The molecular weight excluding hydrogens is 885 g/mol. The summed E-state index contributed by atoms with van der Waals surface area (Å²) in [7, 11) is 0. The maximum atomic E-state index is 8.95. The molecule has 58 heavy (non-hydrogen) atoms. The Hall–Kier alpha value is -5.41. The normalized spacial score (nSPS) is 14.5. The molecule has 0 amide bonds. The summed E-state index contributed by atoms with van der Waals surface area (Å²) in [5.41, 5.74) is 8.28. The molecule has 0 bridgehead atoms. The van der Waals surface area contributed by atoms with Gasteiger partial charge in [-0.25, -0.2) is 0 Å². The predicted octanol–water partition coefficient (Wildman–Crippen LogP) is 15.1. The van der Waals surface area contributed by atoms with Gasteiger partial charge in [0.15, 0.2) is 0 Å². The summed E-state index contributed by atoms with van der Waals surface area (Å²) in [6.07, 6.45) is 3.28. The third kappa shape index (κ3) is 8.01. The van der Waals surface area contributed by atoms with Crippen LogP contribution < -0.4 is 0 Å². The molecule has 0 atom stereocenters. The van der Waals surface area contributed by atoms with Crippen molar-refractivity contribution < 1.29 is 35.5 Å². The van der Waals surface area contributed by atoms with E-state index in [1.807, 2.05) is 60.8 Å². The zero-order valence-electron chi connectivity index (χ0n) is 41.8. The Morgan fingerprint density at radius 3 is 2.19 bits per heavy atom. The molecule has 6 aromatic carbocycles. The Morgan fingerprint density at radius 1 is 0.672 bits per heavy atom. The summed E-state index contributed by atoms with van der Waals surface area (Å²) >= 11 is 0. The second-order valence-corrected chi connectivity index (χ2v) is 16.1. The standard InChI is InChI=1S/C38H32NO.C16H18N.Ir/c1-22(2)26-15-16-29(32(17-26)23(3)4)33-19-36(39-21-24(33)5)31-12-8-11-30-35-18-27-14-13-25-9-6-7-10-28(25)34(27)20-37(35)40-38(30)31;1-12-5-7-13(8-6-12)15-10-9-14(11-17-15)16(2,3)4;/h6-11,13-23H,1-5H3;5-7,9-11H,1-4H3;/q2*-1;/i5D3,22D,23D;1D3;. The first-order chi connectivity index (χ1) is 30.4. The quantitative estimate of drug-likeness (QED) is 0.127. The number of aromatic nitrogens is 2. The Labute approximate surface area is 368 Å². The number of hydrogen-bond acceptors (Lipinski definition) is 3. The molecule has 3 nitrogen and oxygen atoms in total. The summed E-state index contributed by atoms with van der Waals surface area (Å²) in [6.45, 7) is 9.06. The molecule has 3 aromatic heterocycles. The van der Waals surface area contributed by atoms with Crippen molar-refractivity contribution in [3.63, 3.8) is 0 Å². The predicted molar refractivity (Wildman–Crippen MR) is 241 cm³/mol. The third-order valence-corrected chi connectivity index (χ3v) is 10.6. The van der Waals surface area contributed by atoms with Crippen LogP contribution in [0.2, 0.25) is 0 Å². The van der Waals surface area contributed by atoms with Crippen LogP contribution in [-0.4, -0.2) is 9.97 Å². The van der Waals surface area contributed by atoms with Gasteiger partial charge in [-0.2, -0.15) is 0 Å². The zero-order valence-corrected chi connectivity index (χ0v) is 36.2. The van der Waals surface area contributed by atoms with Gasteiger partial charge in [0, 0.05) is 48.9 Å². The second kappa shape index (κ2) is 16.4. The molecule has 0 aliphatic heterocycles. The molecule has 9 rings (SSSR count). The monoisotopic (exact) mass is 943 g/mol. The van der Waals surface area contributed by atoms with Crippen LogP contribution in [0.4, 0.5) is 0 Å². The largest absolute Gasteiger partial charge is 0.501 e. The first-order valence-electron chi connectivity index (χ1n) is 23.2. The van der Waals surface area contributed by atoms with Gasteiger partial charge >= 0.3 is 0 Å². The molecular formula is C54H50IrN2O-2. The van der Waals surface area contributed by atoms with Crippen LogP contribution >= 0.6 is 0 Å². The van der Waals surface area contributed by atoms with Crippen molar-refractivity contribution in [2.24, 2.45) is 0 Å². The molecule has 0 N–H and O–H groups in total. The molecule has 0 saturated carbocycles. The van der Waals surface area contributed by atoms with Crippen molar-refractivity contribution in [1.82, 2.24) is 9.97 Å². The molecule has 0 unspecified atom stereocenters. The summed E-state index contributed by atoms with van der Waals surface area (Å²) in [6, 6.07) is 43.1. The Balaban J connectivity index is 0.000000260. The molecule has 0 fully saturated rings. The summed E-state index contributed by atoms with van der Waals surface area (Å²) < 4.78 is 71.1. The van der Waals surface area contributed by atoms with E-state index in [9.17, 15) is 0 Å². The van der Waals surface area contributed by atoms with Gasteiger partial charge in [0.1, 0.15) is 5.58 Å². The van der Waals surface area contributed by atoms with Crippen LogP contribution in [0.15, 0.2) is 132 Å². The number of furan rings is 1. The molecule has 4 heteroatoms. The van der Waals surface area contributed by atoms with Gasteiger partial charge in [-0.1, -0.05) is 139 Å². The van der Waals surface area contributed by atoms with Crippen LogP contribution in [-0.2, 0) is 25.5 Å². The minimum Gasteiger partial charge on any atom is -0.501 e. The first kappa shape index (κ1) is 31.6. The van der Waals surface area contributed by atoms with E-state index in [4.69, 9.17) is 15.4 Å². The number of benzene rings is 6. The number of aryl methyl sites for hydroxylation is 2. The zero-order chi connectivity index (χ0) is 46.9. The Morgan fingerprint density at radius 2 is 1.48 bits per heavy atom. The van der Waals surface area contributed by atoms with Crippen molar-refractivity contribution in [2.45, 2.75) is 79.4 Å². The fraction of sp³-hybridized carbons (Fsp3) is 0.222. The minimum atomic E-state index is -2.43. The van der Waals surface area contributed by atoms with Crippen molar-refractivity contribution in [3.8, 4) is 33.6 Å². The number of fused-ring (bicyclic) bond motifs is 6. The van der Waals surface area contributed by atoms with Gasteiger partial charge in [-0.3, -0.25) is 0 Å². The van der Waals surface area contributed by atoms with E-state index in [0.717, 1.165) is 54.7 Å². The summed E-state index contributed by atoms with van der Waals surface area (Å²) in [4.78, 5) is 9.07. The fourth-order valence-electron chi connectivity index (χ4n) is 7.33. The second-order valence-electron chi connectivity index (χ2n) is 16.1. The van der Waals surface area contributed by atoms with Crippen molar-refractivity contribution in [1.29, 1.82) is 0 Å². The van der Waals surface area contributed by atoms with E-state index >= 15 is 0 Å². The molecule has 0 spiro atoms. The molecule has 3 heterocycles. The van der Waals surface area contributed by atoms with Gasteiger partial charge < -0.3 is 14.4 Å². The van der Waals surface area contributed by atoms with Crippen LogP contribution in [0.25, 0.3) is 77.1 Å². The van der Waals surface area contributed by atoms with E-state index in [1.54, 1.807) is 45.9 Å². The average molecular weight is 943 g/mol. The van der Waals surface area contributed by atoms with Crippen LogP contribution in [0.5, 0.6) is 0 Å².